The zero-order chi connectivity index (χ0) is 14.4. The van der Waals surface area contributed by atoms with E-state index in [1.807, 2.05) is 42.7 Å². The lowest BCUT2D eigenvalue weighted by Gasteiger charge is -2.10. The number of esters is 1. The molecular formula is C16H16O3S. The van der Waals surface area contributed by atoms with E-state index in [0.29, 0.717) is 12.2 Å². The first kappa shape index (κ1) is 14.5. The molecule has 0 spiro atoms. The van der Waals surface area contributed by atoms with Crippen molar-refractivity contribution in [2.45, 2.75) is 11.5 Å². The molecule has 3 nitrogen and oxygen atoms in total. The van der Waals surface area contributed by atoms with Crippen LogP contribution in [0, 0.1) is 0 Å². The van der Waals surface area contributed by atoms with Crippen LogP contribution in [0.5, 0.6) is 5.75 Å². The van der Waals surface area contributed by atoms with Crippen LogP contribution in [0.3, 0.4) is 0 Å². The van der Waals surface area contributed by atoms with Crippen molar-refractivity contribution < 1.29 is 14.3 Å². The largest absolute Gasteiger partial charge is 0.488 e. The van der Waals surface area contributed by atoms with E-state index in [0.717, 1.165) is 16.2 Å². The van der Waals surface area contributed by atoms with Crippen LogP contribution in [0.25, 0.3) is 0 Å². The lowest BCUT2D eigenvalue weighted by molar-refractivity contribution is 0.0600. The Morgan fingerprint density at radius 1 is 1.10 bits per heavy atom. The quantitative estimate of drug-likeness (QED) is 0.619. The van der Waals surface area contributed by atoms with Gasteiger partial charge in [-0.1, -0.05) is 24.3 Å². The molecule has 0 aliphatic heterocycles. The first-order valence-electron chi connectivity index (χ1n) is 6.17. The molecule has 0 fully saturated rings. The van der Waals surface area contributed by atoms with Crippen molar-refractivity contribution in [3.63, 3.8) is 0 Å². The smallest absolute Gasteiger partial charge is 0.337 e. The van der Waals surface area contributed by atoms with Crippen molar-refractivity contribution in [1.82, 2.24) is 0 Å². The SMILES string of the molecule is COC(=O)c1ccc(COc2ccccc2SC)cc1. The van der Waals surface area contributed by atoms with Gasteiger partial charge in [-0.05, 0) is 36.1 Å². The predicted octanol–water partition coefficient (Wildman–Crippen LogP) is 3.77. The zero-order valence-corrected chi connectivity index (χ0v) is 12.3. The Labute approximate surface area is 122 Å². The summed E-state index contributed by atoms with van der Waals surface area (Å²) in [5.41, 5.74) is 1.55. The van der Waals surface area contributed by atoms with Crippen molar-refractivity contribution in [2.24, 2.45) is 0 Å². The Hall–Kier alpha value is -1.94. The molecule has 0 heterocycles. The molecule has 0 bridgehead atoms. The molecule has 2 aromatic rings. The van der Waals surface area contributed by atoms with E-state index in [2.05, 4.69) is 4.74 Å². The molecule has 104 valence electrons. The maximum absolute atomic E-state index is 11.3. The third-order valence-electron chi connectivity index (χ3n) is 2.84. The number of para-hydroxylation sites is 1. The second-order valence-corrected chi connectivity index (χ2v) is 4.98. The standard InChI is InChI=1S/C16H16O3S/c1-18-16(17)13-9-7-12(8-10-13)11-19-14-5-3-4-6-15(14)20-2/h3-10H,11H2,1-2H3. The summed E-state index contributed by atoms with van der Waals surface area (Å²) in [6.45, 7) is 0.471. The average Bonchev–Trinajstić information content (AvgIpc) is 2.53. The normalized spacial score (nSPS) is 10.1. The lowest BCUT2D eigenvalue weighted by atomic mass is 10.1. The zero-order valence-electron chi connectivity index (χ0n) is 11.5. The molecule has 0 amide bonds. The molecule has 0 unspecified atom stereocenters. The summed E-state index contributed by atoms with van der Waals surface area (Å²) in [6.07, 6.45) is 2.02. The minimum atomic E-state index is -0.329. The second-order valence-electron chi connectivity index (χ2n) is 4.13. The van der Waals surface area contributed by atoms with Gasteiger partial charge in [0.2, 0.25) is 0 Å². The fourth-order valence-electron chi connectivity index (χ4n) is 1.75. The van der Waals surface area contributed by atoms with E-state index in [9.17, 15) is 4.79 Å². The van der Waals surface area contributed by atoms with Crippen LogP contribution in [0.15, 0.2) is 53.4 Å². The number of benzene rings is 2. The number of carbonyl (C=O) groups is 1. The van der Waals surface area contributed by atoms with Crippen molar-refractivity contribution in [3.8, 4) is 5.75 Å². The second kappa shape index (κ2) is 7.01. The van der Waals surface area contributed by atoms with Crippen LogP contribution in [-0.2, 0) is 11.3 Å². The van der Waals surface area contributed by atoms with Gasteiger partial charge in [-0.2, -0.15) is 0 Å². The Balaban J connectivity index is 2.02. The summed E-state index contributed by atoms with van der Waals surface area (Å²) in [5, 5.41) is 0. The predicted molar refractivity (Wildman–Crippen MR) is 80.3 cm³/mol. The number of carbonyl (C=O) groups excluding carboxylic acids is 1. The number of hydrogen-bond acceptors (Lipinski definition) is 4. The number of rotatable bonds is 5. The highest BCUT2D eigenvalue weighted by Crippen LogP contribution is 2.27. The Morgan fingerprint density at radius 2 is 1.80 bits per heavy atom. The van der Waals surface area contributed by atoms with E-state index in [1.54, 1.807) is 23.9 Å². The van der Waals surface area contributed by atoms with Crippen LogP contribution in [-0.4, -0.2) is 19.3 Å². The molecule has 0 saturated carbocycles. The highest BCUT2D eigenvalue weighted by atomic mass is 32.2. The molecule has 2 rings (SSSR count). The molecule has 0 saturated heterocycles. The third kappa shape index (κ3) is 3.54. The van der Waals surface area contributed by atoms with Gasteiger partial charge in [0.25, 0.3) is 0 Å². The molecular weight excluding hydrogens is 272 g/mol. The third-order valence-corrected chi connectivity index (χ3v) is 3.62. The minimum absolute atomic E-state index is 0.329. The molecule has 0 aliphatic carbocycles. The molecule has 0 N–H and O–H groups in total. The van der Waals surface area contributed by atoms with Gasteiger partial charge in [0.1, 0.15) is 12.4 Å². The van der Waals surface area contributed by atoms with Gasteiger partial charge in [-0.15, -0.1) is 11.8 Å². The summed E-state index contributed by atoms with van der Waals surface area (Å²) < 4.78 is 10.5. The Kier molecular flexibility index (Phi) is 5.07. The van der Waals surface area contributed by atoms with Gasteiger partial charge in [-0.25, -0.2) is 4.79 Å². The van der Waals surface area contributed by atoms with Gasteiger partial charge in [0, 0.05) is 4.90 Å². The molecule has 2 aromatic carbocycles. The molecule has 20 heavy (non-hydrogen) atoms. The molecule has 0 aliphatic rings. The number of methoxy groups -OCH3 is 1. The Morgan fingerprint density at radius 3 is 2.45 bits per heavy atom. The van der Waals surface area contributed by atoms with E-state index >= 15 is 0 Å². The summed E-state index contributed by atoms with van der Waals surface area (Å²) in [4.78, 5) is 12.4. The summed E-state index contributed by atoms with van der Waals surface area (Å²) in [7, 11) is 1.37. The van der Waals surface area contributed by atoms with Gasteiger partial charge in [-0.3, -0.25) is 0 Å². The monoisotopic (exact) mass is 288 g/mol. The summed E-state index contributed by atoms with van der Waals surface area (Å²) >= 11 is 1.65. The van der Waals surface area contributed by atoms with Crippen LogP contribution < -0.4 is 4.74 Å². The maximum Gasteiger partial charge on any atom is 0.337 e. The molecule has 0 radical (unpaired) electrons. The van der Waals surface area contributed by atoms with Crippen molar-refractivity contribution in [2.75, 3.05) is 13.4 Å². The fraction of sp³-hybridized carbons (Fsp3) is 0.188. The first-order chi connectivity index (χ1) is 9.74. The van der Waals surface area contributed by atoms with Gasteiger partial charge in [0.05, 0.1) is 12.7 Å². The van der Waals surface area contributed by atoms with Crippen molar-refractivity contribution in [1.29, 1.82) is 0 Å². The van der Waals surface area contributed by atoms with Crippen molar-refractivity contribution in [3.05, 3.63) is 59.7 Å². The molecule has 0 atom stereocenters. The topological polar surface area (TPSA) is 35.5 Å². The minimum Gasteiger partial charge on any atom is -0.488 e. The van der Waals surface area contributed by atoms with Gasteiger partial charge < -0.3 is 9.47 Å². The maximum atomic E-state index is 11.3. The van der Waals surface area contributed by atoms with E-state index < -0.39 is 0 Å². The number of thioether (sulfide) groups is 1. The summed E-state index contributed by atoms with van der Waals surface area (Å²) in [6, 6.07) is 15.1. The van der Waals surface area contributed by atoms with Crippen LogP contribution in [0.4, 0.5) is 0 Å². The van der Waals surface area contributed by atoms with E-state index in [4.69, 9.17) is 4.74 Å². The Bertz CT molecular complexity index is 579. The highest BCUT2D eigenvalue weighted by molar-refractivity contribution is 7.98. The fourth-order valence-corrected chi connectivity index (χ4v) is 2.30. The van der Waals surface area contributed by atoms with Gasteiger partial charge in [0.15, 0.2) is 0 Å². The van der Waals surface area contributed by atoms with E-state index in [-0.39, 0.29) is 5.97 Å². The van der Waals surface area contributed by atoms with Crippen LogP contribution >= 0.6 is 11.8 Å². The number of hydrogen-bond donors (Lipinski definition) is 0. The van der Waals surface area contributed by atoms with Gasteiger partial charge >= 0.3 is 5.97 Å². The summed E-state index contributed by atoms with van der Waals surface area (Å²) in [5.74, 6) is 0.544. The average molecular weight is 288 g/mol. The van der Waals surface area contributed by atoms with Crippen molar-refractivity contribution >= 4 is 17.7 Å². The van der Waals surface area contributed by atoms with E-state index in [1.165, 1.54) is 7.11 Å². The lowest BCUT2D eigenvalue weighted by Crippen LogP contribution is -2.02. The van der Waals surface area contributed by atoms with Crippen LogP contribution in [0.2, 0.25) is 0 Å². The van der Waals surface area contributed by atoms with Crippen LogP contribution in [0.1, 0.15) is 15.9 Å². The first-order valence-corrected chi connectivity index (χ1v) is 7.40. The molecule has 0 aromatic heterocycles. The molecule has 4 heteroatoms. The number of ether oxygens (including phenoxy) is 2. The highest BCUT2D eigenvalue weighted by Gasteiger charge is 2.05.